The van der Waals surface area contributed by atoms with Crippen LogP contribution in [-0.4, -0.2) is 16.7 Å². The molecule has 0 radical (unpaired) electrons. The average Bonchev–Trinajstić information content (AvgIpc) is 2.68. The summed E-state index contributed by atoms with van der Waals surface area (Å²) in [6.07, 6.45) is 0. The maximum atomic E-state index is 12.8. The van der Waals surface area contributed by atoms with E-state index in [4.69, 9.17) is 10.5 Å². The van der Waals surface area contributed by atoms with Crippen LogP contribution in [0.25, 0.3) is 11.3 Å². The zero-order valence-electron chi connectivity index (χ0n) is 14.6. The van der Waals surface area contributed by atoms with E-state index in [2.05, 4.69) is 4.98 Å². The number of pyridine rings is 1. The monoisotopic (exact) mass is 364 g/mol. The summed E-state index contributed by atoms with van der Waals surface area (Å²) in [4.78, 5) is 27.3. The highest BCUT2D eigenvalue weighted by atomic mass is 19.1. The lowest BCUT2D eigenvalue weighted by Gasteiger charge is -2.11. The van der Waals surface area contributed by atoms with Crippen LogP contribution >= 0.6 is 0 Å². The van der Waals surface area contributed by atoms with E-state index < -0.39 is 12.6 Å². The Morgan fingerprint density at radius 2 is 1.81 bits per heavy atom. The van der Waals surface area contributed by atoms with E-state index in [1.165, 1.54) is 13.0 Å². The number of halogens is 1. The minimum atomic E-state index is -0.646. The summed E-state index contributed by atoms with van der Waals surface area (Å²) >= 11 is 0. The second kappa shape index (κ2) is 7.78. The Labute approximate surface area is 155 Å². The van der Waals surface area contributed by atoms with Crippen molar-refractivity contribution < 1.29 is 18.7 Å². The van der Waals surface area contributed by atoms with E-state index in [1.54, 1.807) is 54.6 Å². The maximum absolute atomic E-state index is 12.8. The number of alkyl halides is 1. The van der Waals surface area contributed by atoms with Crippen LogP contribution in [0.5, 0.6) is 11.5 Å². The maximum Gasteiger partial charge on any atom is 0.267 e. The minimum Gasteiger partial charge on any atom is -0.457 e. The summed E-state index contributed by atoms with van der Waals surface area (Å²) in [6, 6.07) is 16.7. The first kappa shape index (κ1) is 18.3. The third kappa shape index (κ3) is 4.17. The van der Waals surface area contributed by atoms with Gasteiger partial charge in [-0.05, 0) is 61.0 Å². The van der Waals surface area contributed by atoms with Crippen LogP contribution in [0.4, 0.5) is 4.39 Å². The van der Waals surface area contributed by atoms with Gasteiger partial charge in [-0.2, -0.15) is 0 Å². The molecule has 0 saturated heterocycles. The molecule has 0 fully saturated rings. The molecule has 3 rings (SSSR count). The molecule has 0 aliphatic carbocycles. The van der Waals surface area contributed by atoms with Crippen LogP contribution in [0.1, 0.15) is 33.3 Å². The van der Waals surface area contributed by atoms with E-state index in [0.717, 1.165) is 5.56 Å². The number of ketones is 1. The van der Waals surface area contributed by atoms with Crippen molar-refractivity contribution in [1.29, 1.82) is 0 Å². The van der Waals surface area contributed by atoms with Gasteiger partial charge in [0.15, 0.2) is 5.78 Å². The molecule has 1 amide bonds. The second-order valence-electron chi connectivity index (χ2n) is 5.92. The van der Waals surface area contributed by atoms with Crippen molar-refractivity contribution in [2.45, 2.75) is 13.6 Å². The summed E-state index contributed by atoms with van der Waals surface area (Å²) in [5.74, 6) is 0.0799. The summed E-state index contributed by atoms with van der Waals surface area (Å²) in [5.41, 5.74) is 7.58. The Morgan fingerprint density at radius 3 is 2.44 bits per heavy atom. The third-order valence-corrected chi connectivity index (χ3v) is 3.96. The summed E-state index contributed by atoms with van der Waals surface area (Å²) < 4.78 is 18.6. The number of Topliss-reactive ketones (excluding diaryl/α,β-unsaturated/α-hetero) is 1. The highest BCUT2D eigenvalue weighted by molar-refractivity contribution is 5.97. The number of carbonyl (C=O) groups excluding carboxylic acids is 2. The van der Waals surface area contributed by atoms with Gasteiger partial charge < -0.3 is 10.5 Å². The van der Waals surface area contributed by atoms with E-state index in [9.17, 15) is 14.0 Å². The molecule has 0 saturated carbocycles. The standard InChI is InChI=1S/C21H17FN2O3/c1-13(25)17-11-14(12-22)5-10-20(17)27-16-8-6-15(7-9-16)18-3-2-4-19(24-18)21(23)26/h2-11H,12H2,1H3,(H2,23,26). The zero-order chi connectivity index (χ0) is 19.4. The van der Waals surface area contributed by atoms with Gasteiger partial charge in [0, 0.05) is 5.56 Å². The van der Waals surface area contributed by atoms with Crippen LogP contribution in [0.3, 0.4) is 0 Å². The number of primary amides is 1. The number of nitrogens with two attached hydrogens (primary N) is 1. The first-order valence-electron chi connectivity index (χ1n) is 8.23. The molecule has 1 aromatic heterocycles. The highest BCUT2D eigenvalue weighted by Crippen LogP contribution is 2.29. The van der Waals surface area contributed by atoms with E-state index in [-0.39, 0.29) is 11.5 Å². The molecule has 0 atom stereocenters. The van der Waals surface area contributed by atoms with Crippen LogP contribution in [0, 0.1) is 0 Å². The first-order valence-corrected chi connectivity index (χ1v) is 8.23. The fourth-order valence-corrected chi connectivity index (χ4v) is 2.58. The summed E-state index contributed by atoms with van der Waals surface area (Å²) in [7, 11) is 0. The highest BCUT2D eigenvalue weighted by Gasteiger charge is 2.11. The van der Waals surface area contributed by atoms with Gasteiger partial charge in [0.25, 0.3) is 5.91 Å². The topological polar surface area (TPSA) is 82.3 Å². The molecule has 0 aliphatic heterocycles. The number of nitrogens with zero attached hydrogens (tertiary/aromatic N) is 1. The number of benzene rings is 2. The fraction of sp³-hybridized carbons (Fsp3) is 0.0952. The lowest BCUT2D eigenvalue weighted by atomic mass is 10.1. The number of carbonyl (C=O) groups is 2. The van der Waals surface area contributed by atoms with E-state index in [1.807, 2.05) is 0 Å². The predicted octanol–water partition coefficient (Wildman–Crippen LogP) is 4.31. The third-order valence-electron chi connectivity index (χ3n) is 3.96. The van der Waals surface area contributed by atoms with Crippen molar-refractivity contribution in [2.24, 2.45) is 5.73 Å². The molecule has 2 aromatic carbocycles. The SMILES string of the molecule is CC(=O)c1cc(CF)ccc1Oc1ccc(-c2cccc(C(N)=O)n2)cc1. The van der Waals surface area contributed by atoms with Crippen LogP contribution in [0.15, 0.2) is 60.7 Å². The number of amides is 1. The molecule has 1 heterocycles. The largest absolute Gasteiger partial charge is 0.457 e. The van der Waals surface area contributed by atoms with Crippen molar-refractivity contribution in [2.75, 3.05) is 0 Å². The van der Waals surface area contributed by atoms with Gasteiger partial charge in [0.1, 0.15) is 23.9 Å². The Morgan fingerprint density at radius 1 is 1.07 bits per heavy atom. The molecule has 5 nitrogen and oxygen atoms in total. The molecule has 0 aliphatic rings. The van der Waals surface area contributed by atoms with Gasteiger partial charge in [-0.15, -0.1) is 0 Å². The Hall–Kier alpha value is -3.54. The number of ether oxygens (including phenoxy) is 1. The van der Waals surface area contributed by atoms with Crippen molar-refractivity contribution in [3.05, 3.63) is 77.5 Å². The quantitative estimate of drug-likeness (QED) is 0.661. The molecule has 6 heteroatoms. The number of aromatic nitrogens is 1. The van der Waals surface area contributed by atoms with Gasteiger partial charge in [-0.25, -0.2) is 9.37 Å². The molecule has 0 bridgehead atoms. The average molecular weight is 364 g/mol. The molecule has 3 aromatic rings. The predicted molar refractivity (Wildman–Crippen MR) is 99.5 cm³/mol. The van der Waals surface area contributed by atoms with Crippen LogP contribution in [-0.2, 0) is 6.67 Å². The lowest BCUT2D eigenvalue weighted by Crippen LogP contribution is -2.12. The van der Waals surface area contributed by atoms with Crippen molar-refractivity contribution in [3.63, 3.8) is 0 Å². The molecule has 136 valence electrons. The molecular formula is C21H17FN2O3. The van der Waals surface area contributed by atoms with Crippen LogP contribution in [0.2, 0.25) is 0 Å². The van der Waals surface area contributed by atoms with Crippen molar-refractivity contribution in [1.82, 2.24) is 4.98 Å². The van der Waals surface area contributed by atoms with Crippen molar-refractivity contribution >= 4 is 11.7 Å². The van der Waals surface area contributed by atoms with Gasteiger partial charge in [0.05, 0.1) is 11.3 Å². The van der Waals surface area contributed by atoms with E-state index in [0.29, 0.717) is 28.3 Å². The number of hydrogen-bond acceptors (Lipinski definition) is 4. The Kier molecular flexibility index (Phi) is 5.26. The zero-order valence-corrected chi connectivity index (χ0v) is 14.6. The van der Waals surface area contributed by atoms with Crippen LogP contribution < -0.4 is 10.5 Å². The number of rotatable bonds is 6. The fourth-order valence-electron chi connectivity index (χ4n) is 2.58. The molecule has 0 unspecified atom stereocenters. The summed E-state index contributed by atoms with van der Waals surface area (Å²) in [6.45, 7) is 0.761. The lowest BCUT2D eigenvalue weighted by molar-refractivity contribution is 0.0992. The van der Waals surface area contributed by atoms with E-state index >= 15 is 0 Å². The molecular weight excluding hydrogens is 347 g/mol. The smallest absolute Gasteiger partial charge is 0.267 e. The summed E-state index contributed by atoms with van der Waals surface area (Å²) in [5, 5.41) is 0. The van der Waals surface area contributed by atoms with Gasteiger partial charge in [-0.1, -0.05) is 12.1 Å². The van der Waals surface area contributed by atoms with Gasteiger partial charge >= 0.3 is 0 Å². The second-order valence-corrected chi connectivity index (χ2v) is 5.92. The van der Waals surface area contributed by atoms with Gasteiger partial charge in [0.2, 0.25) is 0 Å². The molecule has 2 N–H and O–H groups in total. The van der Waals surface area contributed by atoms with Crippen molar-refractivity contribution in [3.8, 4) is 22.8 Å². The first-order chi connectivity index (χ1) is 13.0. The Bertz CT molecular complexity index is 1000. The normalized spacial score (nSPS) is 10.4. The van der Waals surface area contributed by atoms with Gasteiger partial charge in [-0.3, -0.25) is 9.59 Å². The molecule has 0 spiro atoms. The Balaban J connectivity index is 1.86. The minimum absolute atomic E-state index is 0.187. The molecule has 27 heavy (non-hydrogen) atoms. The number of hydrogen-bond donors (Lipinski definition) is 1.